The van der Waals surface area contributed by atoms with Gasteiger partial charge in [-0.05, 0) is 17.7 Å². The molecule has 19 heavy (non-hydrogen) atoms. The van der Waals surface area contributed by atoms with Crippen LogP contribution in [-0.4, -0.2) is 5.78 Å². The Bertz CT molecular complexity index is 801. The predicted octanol–water partition coefficient (Wildman–Crippen LogP) is 3.59. The monoisotopic (exact) mass is 249 g/mol. The second-order valence-electron chi connectivity index (χ2n) is 4.64. The molecule has 0 saturated heterocycles. The van der Waals surface area contributed by atoms with Crippen molar-refractivity contribution in [2.24, 2.45) is 0 Å². The number of para-hydroxylation sites is 1. The Hall–Kier alpha value is -2.55. The number of hydrogen-bond acceptors (Lipinski definition) is 3. The lowest BCUT2D eigenvalue weighted by Crippen LogP contribution is -2.01. The molecule has 4 rings (SSSR count). The maximum atomic E-state index is 12.6. The Balaban J connectivity index is 2.01. The van der Waals surface area contributed by atoms with Crippen LogP contribution >= 0.6 is 0 Å². The molecule has 1 aromatic heterocycles. The Labute approximate surface area is 109 Å². The van der Waals surface area contributed by atoms with Crippen molar-refractivity contribution >= 4 is 22.4 Å². The normalized spacial score (nSPS) is 13.6. The molecule has 2 aromatic carbocycles. The quantitative estimate of drug-likeness (QED) is 0.662. The Morgan fingerprint density at radius 1 is 1.00 bits per heavy atom. The van der Waals surface area contributed by atoms with Gasteiger partial charge >= 0.3 is 0 Å². The first-order chi connectivity index (χ1) is 9.34. The summed E-state index contributed by atoms with van der Waals surface area (Å²) in [5.41, 5.74) is 3.26. The Morgan fingerprint density at radius 2 is 1.79 bits per heavy atom. The molecule has 0 amide bonds. The van der Waals surface area contributed by atoms with Gasteiger partial charge in [0.2, 0.25) is 5.78 Å². The molecule has 1 aliphatic rings. The first-order valence-corrected chi connectivity index (χ1v) is 6.22. The van der Waals surface area contributed by atoms with Crippen molar-refractivity contribution in [3.8, 4) is 0 Å². The summed E-state index contributed by atoms with van der Waals surface area (Å²) >= 11 is 0. The smallest absolute Gasteiger partial charge is 0.230 e. The standard InChI is InChI=1S/C16H11NO2/c18-15-11-6-2-1-5-10(11)9-17-14-12-7-3-4-8-13(12)19-16(14)15/h1-8,17H,9H2. The number of nitrogens with one attached hydrogen (secondary N) is 1. The minimum Gasteiger partial charge on any atom is -0.450 e. The van der Waals surface area contributed by atoms with Gasteiger partial charge in [-0.3, -0.25) is 4.79 Å². The van der Waals surface area contributed by atoms with Crippen molar-refractivity contribution in [2.45, 2.75) is 6.54 Å². The van der Waals surface area contributed by atoms with Crippen LogP contribution < -0.4 is 5.32 Å². The van der Waals surface area contributed by atoms with Crippen molar-refractivity contribution in [3.63, 3.8) is 0 Å². The molecule has 2 heterocycles. The molecule has 3 aromatic rings. The minimum absolute atomic E-state index is 0.0493. The molecular weight excluding hydrogens is 238 g/mol. The van der Waals surface area contributed by atoms with Gasteiger partial charge < -0.3 is 9.73 Å². The van der Waals surface area contributed by atoms with E-state index in [1.807, 2.05) is 48.5 Å². The van der Waals surface area contributed by atoms with Gasteiger partial charge in [0.25, 0.3) is 0 Å². The maximum absolute atomic E-state index is 12.6. The van der Waals surface area contributed by atoms with E-state index in [9.17, 15) is 4.79 Å². The van der Waals surface area contributed by atoms with E-state index in [4.69, 9.17) is 4.42 Å². The van der Waals surface area contributed by atoms with Gasteiger partial charge in [0.05, 0.1) is 5.69 Å². The fourth-order valence-electron chi connectivity index (χ4n) is 2.58. The molecule has 0 fully saturated rings. The highest BCUT2D eigenvalue weighted by Crippen LogP contribution is 2.35. The number of ketones is 1. The third kappa shape index (κ3) is 1.41. The van der Waals surface area contributed by atoms with Crippen LogP contribution in [0.15, 0.2) is 52.9 Å². The van der Waals surface area contributed by atoms with Crippen molar-refractivity contribution in [3.05, 3.63) is 65.4 Å². The van der Waals surface area contributed by atoms with Gasteiger partial charge in [0.15, 0.2) is 5.76 Å². The Kier molecular flexibility index (Phi) is 2.03. The van der Waals surface area contributed by atoms with Crippen molar-refractivity contribution in [1.82, 2.24) is 0 Å². The SMILES string of the molecule is O=C1c2ccccc2CNc2c1oc1ccccc21. The van der Waals surface area contributed by atoms with Crippen LogP contribution in [0.4, 0.5) is 5.69 Å². The van der Waals surface area contributed by atoms with Crippen LogP contribution in [0.5, 0.6) is 0 Å². The van der Waals surface area contributed by atoms with Gasteiger partial charge in [-0.15, -0.1) is 0 Å². The molecule has 0 radical (unpaired) electrons. The van der Waals surface area contributed by atoms with Crippen LogP contribution in [0.1, 0.15) is 21.7 Å². The fraction of sp³-hybridized carbons (Fsp3) is 0.0625. The average molecular weight is 249 g/mol. The van der Waals surface area contributed by atoms with Crippen LogP contribution in [0.2, 0.25) is 0 Å². The van der Waals surface area contributed by atoms with Crippen LogP contribution in [-0.2, 0) is 6.54 Å². The summed E-state index contributed by atoms with van der Waals surface area (Å²) in [6, 6.07) is 15.3. The van der Waals surface area contributed by atoms with E-state index in [1.165, 1.54) is 0 Å². The Morgan fingerprint density at radius 3 is 2.74 bits per heavy atom. The zero-order valence-corrected chi connectivity index (χ0v) is 10.1. The van der Waals surface area contributed by atoms with Gasteiger partial charge in [-0.25, -0.2) is 0 Å². The van der Waals surface area contributed by atoms with E-state index in [0.29, 0.717) is 17.9 Å². The van der Waals surface area contributed by atoms with Crippen molar-refractivity contribution < 1.29 is 9.21 Å². The van der Waals surface area contributed by atoms with Crippen molar-refractivity contribution in [2.75, 3.05) is 5.32 Å². The van der Waals surface area contributed by atoms with E-state index in [1.54, 1.807) is 0 Å². The second kappa shape index (κ2) is 3.72. The zero-order valence-electron chi connectivity index (χ0n) is 10.1. The van der Waals surface area contributed by atoms with Gasteiger partial charge in [-0.2, -0.15) is 0 Å². The first kappa shape index (κ1) is 10.4. The maximum Gasteiger partial charge on any atom is 0.230 e. The third-order valence-electron chi connectivity index (χ3n) is 3.52. The molecule has 0 bridgehead atoms. The largest absolute Gasteiger partial charge is 0.450 e. The predicted molar refractivity (Wildman–Crippen MR) is 73.4 cm³/mol. The molecule has 1 N–H and O–H groups in total. The molecular formula is C16H11NO2. The van der Waals surface area contributed by atoms with Gasteiger partial charge in [-0.1, -0.05) is 36.4 Å². The summed E-state index contributed by atoms with van der Waals surface area (Å²) in [5.74, 6) is 0.359. The number of fused-ring (bicyclic) bond motifs is 4. The van der Waals surface area contributed by atoms with E-state index >= 15 is 0 Å². The molecule has 0 unspecified atom stereocenters. The molecule has 0 atom stereocenters. The van der Waals surface area contributed by atoms with Crippen molar-refractivity contribution in [1.29, 1.82) is 0 Å². The molecule has 92 valence electrons. The molecule has 0 saturated carbocycles. The van der Waals surface area contributed by atoms with Gasteiger partial charge in [0, 0.05) is 17.5 Å². The number of rotatable bonds is 0. The molecule has 0 spiro atoms. The number of carbonyl (C=O) groups is 1. The number of benzene rings is 2. The summed E-state index contributed by atoms with van der Waals surface area (Å²) < 4.78 is 5.73. The second-order valence-corrected chi connectivity index (χ2v) is 4.64. The lowest BCUT2D eigenvalue weighted by atomic mass is 10.0. The fourth-order valence-corrected chi connectivity index (χ4v) is 2.58. The number of hydrogen-bond donors (Lipinski definition) is 1. The summed E-state index contributed by atoms with van der Waals surface area (Å²) in [4.78, 5) is 12.6. The summed E-state index contributed by atoms with van der Waals surface area (Å²) in [7, 11) is 0. The van der Waals surface area contributed by atoms with Crippen LogP contribution in [0.3, 0.4) is 0 Å². The topological polar surface area (TPSA) is 42.2 Å². The van der Waals surface area contributed by atoms with Gasteiger partial charge in [0.1, 0.15) is 5.58 Å². The summed E-state index contributed by atoms with van der Waals surface area (Å²) in [6.07, 6.45) is 0. The number of carbonyl (C=O) groups excluding carboxylic acids is 1. The van der Waals surface area contributed by atoms with Crippen LogP contribution in [0.25, 0.3) is 11.0 Å². The summed E-state index contributed by atoms with van der Waals surface area (Å²) in [5, 5.41) is 4.28. The minimum atomic E-state index is -0.0493. The molecule has 1 aliphatic heterocycles. The first-order valence-electron chi connectivity index (χ1n) is 6.22. The van der Waals surface area contributed by atoms with E-state index in [0.717, 1.165) is 22.2 Å². The lowest BCUT2D eigenvalue weighted by Gasteiger charge is -2.03. The molecule has 3 nitrogen and oxygen atoms in total. The van der Waals surface area contributed by atoms with E-state index in [-0.39, 0.29) is 5.78 Å². The number of anilines is 1. The molecule has 3 heteroatoms. The van der Waals surface area contributed by atoms with Crippen LogP contribution in [0, 0.1) is 0 Å². The highest BCUT2D eigenvalue weighted by molar-refractivity contribution is 6.16. The van der Waals surface area contributed by atoms with E-state index in [2.05, 4.69) is 5.32 Å². The zero-order chi connectivity index (χ0) is 12.8. The highest BCUT2D eigenvalue weighted by Gasteiger charge is 2.26. The summed E-state index contributed by atoms with van der Waals surface area (Å²) in [6.45, 7) is 0.637. The highest BCUT2D eigenvalue weighted by atomic mass is 16.3. The number of furan rings is 1. The third-order valence-corrected chi connectivity index (χ3v) is 3.52. The average Bonchev–Trinajstić information content (AvgIpc) is 2.77. The van der Waals surface area contributed by atoms with E-state index < -0.39 is 0 Å². The lowest BCUT2D eigenvalue weighted by molar-refractivity contribution is 0.101. The molecule has 0 aliphatic carbocycles.